The molecule has 2 aliphatic heterocycles. The van der Waals surface area contributed by atoms with Crippen LogP contribution in [0.5, 0.6) is 0 Å². The molecule has 2 atom stereocenters. The fraction of sp³-hybridized carbons (Fsp3) is 0.500. The third-order valence-electron chi connectivity index (χ3n) is 4.08. The van der Waals surface area contributed by atoms with Crippen LogP contribution in [0.2, 0.25) is 0 Å². The molecule has 2 unspecified atom stereocenters. The van der Waals surface area contributed by atoms with E-state index in [-0.39, 0.29) is 24.5 Å². The zero-order valence-corrected chi connectivity index (χ0v) is 12.0. The van der Waals surface area contributed by atoms with Gasteiger partial charge in [0.25, 0.3) is 0 Å². The van der Waals surface area contributed by atoms with E-state index in [1.807, 2.05) is 30.3 Å². The molecule has 0 aromatic heterocycles. The Morgan fingerprint density at radius 3 is 2.76 bits per heavy atom. The van der Waals surface area contributed by atoms with Gasteiger partial charge >= 0.3 is 0 Å². The van der Waals surface area contributed by atoms with Gasteiger partial charge in [-0.2, -0.15) is 0 Å². The third-order valence-corrected chi connectivity index (χ3v) is 4.08. The molecule has 21 heavy (non-hydrogen) atoms. The number of piperazine rings is 1. The number of rotatable bonds is 4. The molecule has 1 N–H and O–H groups in total. The SMILES string of the molecule is O=C1CN(CCC2CCCO2)C(=O)C(c2ccccc2)N1. The maximum Gasteiger partial charge on any atom is 0.250 e. The van der Waals surface area contributed by atoms with Crippen LogP contribution in [0.4, 0.5) is 0 Å². The Labute approximate surface area is 124 Å². The minimum Gasteiger partial charge on any atom is -0.378 e. The van der Waals surface area contributed by atoms with Crippen molar-refractivity contribution in [3.8, 4) is 0 Å². The van der Waals surface area contributed by atoms with E-state index in [2.05, 4.69) is 5.32 Å². The summed E-state index contributed by atoms with van der Waals surface area (Å²) < 4.78 is 5.58. The van der Waals surface area contributed by atoms with Crippen LogP contribution in [-0.2, 0) is 14.3 Å². The van der Waals surface area contributed by atoms with E-state index in [0.717, 1.165) is 31.4 Å². The maximum atomic E-state index is 12.5. The largest absolute Gasteiger partial charge is 0.378 e. The number of hydrogen-bond donors (Lipinski definition) is 1. The van der Waals surface area contributed by atoms with E-state index >= 15 is 0 Å². The van der Waals surface area contributed by atoms with Gasteiger partial charge in [0, 0.05) is 13.2 Å². The van der Waals surface area contributed by atoms with Crippen LogP contribution in [0.3, 0.4) is 0 Å². The molecular weight excluding hydrogens is 268 g/mol. The fourth-order valence-corrected chi connectivity index (χ4v) is 2.93. The normalized spacial score (nSPS) is 26.0. The summed E-state index contributed by atoms with van der Waals surface area (Å²) in [4.78, 5) is 26.1. The van der Waals surface area contributed by atoms with E-state index in [4.69, 9.17) is 4.74 Å². The van der Waals surface area contributed by atoms with Crippen molar-refractivity contribution < 1.29 is 14.3 Å². The average molecular weight is 288 g/mol. The van der Waals surface area contributed by atoms with E-state index < -0.39 is 6.04 Å². The lowest BCUT2D eigenvalue weighted by atomic mass is 10.0. The Bertz CT molecular complexity index is 512. The summed E-state index contributed by atoms with van der Waals surface area (Å²) in [5.74, 6) is -0.130. The number of carbonyl (C=O) groups excluding carboxylic acids is 2. The molecule has 2 amide bonds. The fourth-order valence-electron chi connectivity index (χ4n) is 2.93. The molecule has 2 aliphatic rings. The number of nitrogens with zero attached hydrogens (tertiary/aromatic N) is 1. The molecule has 5 heteroatoms. The van der Waals surface area contributed by atoms with Crippen molar-refractivity contribution in [1.29, 1.82) is 0 Å². The van der Waals surface area contributed by atoms with Crippen LogP contribution in [0.25, 0.3) is 0 Å². The highest BCUT2D eigenvalue weighted by Gasteiger charge is 2.33. The van der Waals surface area contributed by atoms with Crippen molar-refractivity contribution in [2.75, 3.05) is 19.7 Å². The number of hydrogen-bond acceptors (Lipinski definition) is 3. The number of benzene rings is 1. The van der Waals surface area contributed by atoms with Crippen LogP contribution >= 0.6 is 0 Å². The molecule has 5 nitrogen and oxygen atoms in total. The maximum absolute atomic E-state index is 12.5. The van der Waals surface area contributed by atoms with Crippen molar-refractivity contribution in [1.82, 2.24) is 10.2 Å². The zero-order valence-electron chi connectivity index (χ0n) is 12.0. The van der Waals surface area contributed by atoms with E-state index in [0.29, 0.717) is 6.54 Å². The first-order chi connectivity index (χ1) is 10.2. The summed E-state index contributed by atoms with van der Waals surface area (Å²) >= 11 is 0. The standard InChI is InChI=1S/C16H20N2O3/c19-14-11-18(9-8-13-7-4-10-21-13)16(20)15(17-14)12-5-2-1-3-6-12/h1-3,5-6,13,15H,4,7-11H2,(H,17,19). The van der Waals surface area contributed by atoms with Gasteiger partial charge < -0.3 is 15.0 Å². The van der Waals surface area contributed by atoms with Gasteiger partial charge in [-0.25, -0.2) is 0 Å². The Hall–Kier alpha value is -1.88. The van der Waals surface area contributed by atoms with Crippen molar-refractivity contribution >= 4 is 11.8 Å². The second-order valence-corrected chi connectivity index (χ2v) is 5.59. The number of carbonyl (C=O) groups is 2. The first kappa shape index (κ1) is 14.1. The second-order valence-electron chi connectivity index (χ2n) is 5.59. The van der Waals surface area contributed by atoms with Crippen LogP contribution < -0.4 is 5.32 Å². The minimum absolute atomic E-state index is 0.0289. The lowest BCUT2D eigenvalue weighted by molar-refractivity contribution is -0.144. The summed E-state index contributed by atoms with van der Waals surface area (Å²) in [5, 5.41) is 2.78. The topological polar surface area (TPSA) is 58.6 Å². The minimum atomic E-state index is -0.558. The van der Waals surface area contributed by atoms with E-state index in [1.165, 1.54) is 0 Å². The molecular formula is C16H20N2O3. The van der Waals surface area contributed by atoms with Crippen molar-refractivity contribution in [3.05, 3.63) is 35.9 Å². The van der Waals surface area contributed by atoms with Gasteiger partial charge in [0.2, 0.25) is 11.8 Å². The number of amides is 2. The highest BCUT2D eigenvalue weighted by Crippen LogP contribution is 2.21. The van der Waals surface area contributed by atoms with Crippen LogP contribution in [0.15, 0.2) is 30.3 Å². The molecule has 3 rings (SSSR count). The summed E-state index contributed by atoms with van der Waals surface area (Å²) in [6.07, 6.45) is 3.18. The van der Waals surface area contributed by atoms with Crippen molar-refractivity contribution in [2.45, 2.75) is 31.4 Å². The van der Waals surface area contributed by atoms with Gasteiger partial charge in [-0.15, -0.1) is 0 Å². The quantitative estimate of drug-likeness (QED) is 0.907. The second kappa shape index (κ2) is 6.26. The Kier molecular flexibility index (Phi) is 4.20. The van der Waals surface area contributed by atoms with Gasteiger partial charge in [0.15, 0.2) is 0 Å². The third kappa shape index (κ3) is 3.24. The molecule has 2 saturated heterocycles. The molecule has 0 saturated carbocycles. The summed E-state index contributed by atoms with van der Waals surface area (Å²) in [6.45, 7) is 1.54. The molecule has 0 bridgehead atoms. The molecule has 0 spiro atoms. The molecule has 2 fully saturated rings. The lowest BCUT2D eigenvalue weighted by Crippen LogP contribution is -2.53. The number of nitrogens with one attached hydrogen (secondary N) is 1. The molecule has 2 heterocycles. The van der Waals surface area contributed by atoms with E-state index in [1.54, 1.807) is 4.90 Å². The van der Waals surface area contributed by atoms with Crippen LogP contribution in [0.1, 0.15) is 30.9 Å². The smallest absolute Gasteiger partial charge is 0.250 e. The van der Waals surface area contributed by atoms with Gasteiger partial charge in [-0.05, 0) is 24.8 Å². The highest BCUT2D eigenvalue weighted by molar-refractivity contribution is 5.95. The monoisotopic (exact) mass is 288 g/mol. The number of ether oxygens (including phenoxy) is 1. The van der Waals surface area contributed by atoms with Crippen LogP contribution in [0, 0.1) is 0 Å². The van der Waals surface area contributed by atoms with E-state index in [9.17, 15) is 9.59 Å². The average Bonchev–Trinajstić information content (AvgIpc) is 3.02. The molecule has 1 aromatic carbocycles. The predicted octanol–water partition coefficient (Wildman–Crippen LogP) is 1.26. The summed E-state index contributed by atoms with van der Waals surface area (Å²) in [6, 6.07) is 8.82. The first-order valence-electron chi connectivity index (χ1n) is 7.49. The summed E-state index contributed by atoms with van der Waals surface area (Å²) in [5.41, 5.74) is 0.831. The Balaban J connectivity index is 1.66. The lowest BCUT2D eigenvalue weighted by Gasteiger charge is -2.33. The zero-order chi connectivity index (χ0) is 14.7. The predicted molar refractivity (Wildman–Crippen MR) is 77.5 cm³/mol. The molecule has 0 radical (unpaired) electrons. The molecule has 1 aromatic rings. The van der Waals surface area contributed by atoms with Gasteiger partial charge in [0.1, 0.15) is 6.04 Å². The molecule has 0 aliphatic carbocycles. The van der Waals surface area contributed by atoms with Gasteiger partial charge in [-0.3, -0.25) is 9.59 Å². The first-order valence-corrected chi connectivity index (χ1v) is 7.49. The van der Waals surface area contributed by atoms with Crippen molar-refractivity contribution in [2.24, 2.45) is 0 Å². The Morgan fingerprint density at radius 1 is 1.24 bits per heavy atom. The highest BCUT2D eigenvalue weighted by atomic mass is 16.5. The summed E-state index contributed by atoms with van der Waals surface area (Å²) in [7, 11) is 0. The Morgan fingerprint density at radius 2 is 2.05 bits per heavy atom. The van der Waals surface area contributed by atoms with Gasteiger partial charge in [-0.1, -0.05) is 30.3 Å². The van der Waals surface area contributed by atoms with Crippen molar-refractivity contribution in [3.63, 3.8) is 0 Å². The molecule has 112 valence electrons. The van der Waals surface area contributed by atoms with Crippen LogP contribution in [-0.4, -0.2) is 42.5 Å². The van der Waals surface area contributed by atoms with Gasteiger partial charge in [0.05, 0.1) is 12.6 Å².